The Balaban J connectivity index is 1.08. The third-order valence-corrected chi connectivity index (χ3v) is 10.1. The Hall–Kier alpha value is -4.81. The van der Waals surface area contributed by atoms with Gasteiger partial charge in [0.1, 0.15) is 23.6 Å². The predicted molar refractivity (Wildman–Crippen MR) is 179 cm³/mol. The fraction of sp³-hybridized carbons (Fsp3) is 0.400. The molecule has 242 valence electrons. The second-order valence-corrected chi connectivity index (χ2v) is 12.7. The standard InChI is InChI=1S/C35H38N8O4/c1-39-31(45)9-7-27(38-30-8-6-24(21-37-30)40-13-15-41(16-14-40)32-11-19-47-32)33(39)25-10-12-36-34(26(25)22-44)43-18-17-42-28-5-3-2-4-23(28)20-29(42)35(43)46/h6-10,12,20-22,32H,2-5,11,13-19H2,1H3,(H,37,38). The van der Waals surface area contributed by atoms with Crippen molar-refractivity contribution in [3.05, 3.63) is 81.7 Å². The Bertz CT molecular complexity index is 1900. The summed E-state index contributed by atoms with van der Waals surface area (Å²) >= 11 is 0. The molecule has 0 saturated carbocycles. The van der Waals surface area contributed by atoms with Crippen molar-refractivity contribution in [1.82, 2.24) is 24.0 Å². The molecule has 4 aromatic heterocycles. The first-order chi connectivity index (χ1) is 23.0. The van der Waals surface area contributed by atoms with Gasteiger partial charge in [0, 0.05) is 76.3 Å². The third-order valence-electron chi connectivity index (χ3n) is 10.1. The van der Waals surface area contributed by atoms with E-state index in [4.69, 9.17) is 9.72 Å². The number of piperazine rings is 1. The van der Waals surface area contributed by atoms with E-state index < -0.39 is 0 Å². The number of hydrogen-bond acceptors (Lipinski definition) is 9. The van der Waals surface area contributed by atoms with Gasteiger partial charge in [-0.1, -0.05) is 0 Å². The molecule has 47 heavy (non-hydrogen) atoms. The first-order valence-corrected chi connectivity index (χ1v) is 16.5. The minimum atomic E-state index is -0.229. The van der Waals surface area contributed by atoms with Crippen LogP contribution in [0.2, 0.25) is 0 Å². The molecule has 1 amide bonds. The molecule has 2 fully saturated rings. The average Bonchev–Trinajstić information content (AvgIpc) is 3.46. The lowest BCUT2D eigenvalue weighted by atomic mass is 9.98. The van der Waals surface area contributed by atoms with E-state index >= 15 is 0 Å². The number of ether oxygens (including phenoxy) is 1. The van der Waals surface area contributed by atoms with Crippen molar-refractivity contribution >= 4 is 35.2 Å². The summed E-state index contributed by atoms with van der Waals surface area (Å²) in [4.78, 5) is 55.1. The number of nitrogens with one attached hydrogen (secondary N) is 1. The van der Waals surface area contributed by atoms with Gasteiger partial charge >= 0.3 is 0 Å². The van der Waals surface area contributed by atoms with Crippen LogP contribution in [-0.4, -0.2) is 81.8 Å². The van der Waals surface area contributed by atoms with Gasteiger partial charge in [0.25, 0.3) is 11.5 Å². The summed E-state index contributed by atoms with van der Waals surface area (Å²) in [6.45, 7) is 5.63. The van der Waals surface area contributed by atoms with Crippen LogP contribution in [0.4, 0.5) is 23.0 Å². The highest BCUT2D eigenvalue weighted by molar-refractivity contribution is 6.09. The number of aryl methyl sites for hydroxylation is 1. The lowest BCUT2D eigenvalue weighted by Crippen LogP contribution is -2.54. The van der Waals surface area contributed by atoms with Gasteiger partial charge in [0.2, 0.25) is 0 Å². The van der Waals surface area contributed by atoms with Crippen LogP contribution in [-0.2, 0) is 31.2 Å². The fourth-order valence-electron chi connectivity index (χ4n) is 7.47. The van der Waals surface area contributed by atoms with E-state index in [1.54, 1.807) is 30.3 Å². The molecule has 4 aromatic rings. The summed E-state index contributed by atoms with van der Waals surface area (Å²) in [5.74, 6) is 0.732. The molecule has 0 radical (unpaired) electrons. The molecule has 0 aromatic carbocycles. The Kier molecular flexibility index (Phi) is 7.61. The van der Waals surface area contributed by atoms with E-state index in [0.717, 1.165) is 76.9 Å². The number of aldehydes is 1. The lowest BCUT2D eigenvalue weighted by Gasteiger charge is -2.43. The van der Waals surface area contributed by atoms with E-state index in [0.29, 0.717) is 47.4 Å². The van der Waals surface area contributed by atoms with Crippen molar-refractivity contribution in [2.45, 2.75) is 44.9 Å². The highest BCUT2D eigenvalue weighted by Crippen LogP contribution is 2.36. The van der Waals surface area contributed by atoms with Crippen LogP contribution in [0, 0.1) is 0 Å². The number of carbonyl (C=O) groups is 2. The molecule has 0 spiro atoms. The number of aromatic nitrogens is 4. The van der Waals surface area contributed by atoms with E-state index in [1.165, 1.54) is 21.9 Å². The Morgan fingerprint density at radius 3 is 2.53 bits per heavy atom. The summed E-state index contributed by atoms with van der Waals surface area (Å²) in [6.07, 6.45) is 9.79. The molecule has 1 atom stereocenters. The molecule has 0 bridgehead atoms. The van der Waals surface area contributed by atoms with E-state index in [-0.39, 0.29) is 23.3 Å². The molecule has 12 nitrogen and oxygen atoms in total. The molecule has 12 heteroatoms. The predicted octanol–water partition coefficient (Wildman–Crippen LogP) is 3.61. The maximum Gasteiger partial charge on any atom is 0.276 e. The van der Waals surface area contributed by atoms with Gasteiger partial charge in [-0.15, -0.1) is 0 Å². The number of fused-ring (bicyclic) bond motifs is 3. The van der Waals surface area contributed by atoms with Gasteiger partial charge in [-0.05, 0) is 61.6 Å². The number of carbonyl (C=O) groups excluding carboxylic acids is 2. The Labute approximate surface area is 272 Å². The molecule has 1 aliphatic carbocycles. The molecule has 7 heterocycles. The van der Waals surface area contributed by atoms with Gasteiger partial charge in [-0.25, -0.2) is 9.97 Å². The number of hydrogen-bond donors (Lipinski definition) is 1. The van der Waals surface area contributed by atoms with Crippen molar-refractivity contribution < 1.29 is 14.3 Å². The van der Waals surface area contributed by atoms with Crippen LogP contribution < -0.4 is 20.7 Å². The van der Waals surface area contributed by atoms with Crippen molar-refractivity contribution in [1.29, 1.82) is 0 Å². The van der Waals surface area contributed by atoms with Crippen LogP contribution in [0.3, 0.4) is 0 Å². The summed E-state index contributed by atoms with van der Waals surface area (Å²) < 4.78 is 9.30. The van der Waals surface area contributed by atoms with E-state index in [9.17, 15) is 14.4 Å². The zero-order valence-corrected chi connectivity index (χ0v) is 26.5. The summed E-state index contributed by atoms with van der Waals surface area (Å²) in [6, 6.07) is 10.9. The summed E-state index contributed by atoms with van der Waals surface area (Å²) in [7, 11) is 1.67. The van der Waals surface area contributed by atoms with Crippen molar-refractivity contribution in [3.8, 4) is 11.3 Å². The van der Waals surface area contributed by atoms with Gasteiger partial charge < -0.3 is 24.1 Å². The van der Waals surface area contributed by atoms with Crippen molar-refractivity contribution in [2.75, 3.05) is 54.4 Å². The third kappa shape index (κ3) is 5.21. The topological polar surface area (TPSA) is 118 Å². The Morgan fingerprint density at radius 2 is 1.79 bits per heavy atom. The maximum absolute atomic E-state index is 13.8. The van der Waals surface area contributed by atoms with Gasteiger partial charge in [-0.3, -0.25) is 24.2 Å². The van der Waals surface area contributed by atoms with Crippen LogP contribution in [0.15, 0.2) is 53.6 Å². The fourth-order valence-corrected chi connectivity index (χ4v) is 7.47. The number of nitrogens with zero attached hydrogens (tertiary/aromatic N) is 7. The second-order valence-electron chi connectivity index (χ2n) is 12.7. The van der Waals surface area contributed by atoms with Crippen LogP contribution in [0.5, 0.6) is 0 Å². The molecule has 1 unspecified atom stereocenters. The highest BCUT2D eigenvalue weighted by Gasteiger charge is 2.33. The largest absolute Gasteiger partial charge is 0.368 e. The number of amides is 1. The lowest BCUT2D eigenvalue weighted by molar-refractivity contribution is -0.145. The maximum atomic E-state index is 13.8. The van der Waals surface area contributed by atoms with E-state index in [2.05, 4.69) is 24.7 Å². The van der Waals surface area contributed by atoms with Crippen LogP contribution >= 0.6 is 0 Å². The molecule has 4 aliphatic rings. The summed E-state index contributed by atoms with van der Waals surface area (Å²) in [5.41, 5.74) is 5.84. The minimum absolute atomic E-state index is 0.166. The number of pyridine rings is 3. The zero-order chi connectivity index (χ0) is 32.1. The smallest absolute Gasteiger partial charge is 0.276 e. The SMILES string of the molecule is Cn1c(-c2ccnc(N3CCn4c(cc5c4CCCC5)C3=O)c2C=O)c(Nc2ccc(N3CCN(C4CCO4)CC3)cn2)ccc1=O. The van der Waals surface area contributed by atoms with Crippen molar-refractivity contribution in [2.24, 2.45) is 7.05 Å². The molecule has 3 aliphatic heterocycles. The highest BCUT2D eigenvalue weighted by atomic mass is 16.5. The van der Waals surface area contributed by atoms with Crippen LogP contribution in [0.1, 0.15) is 51.4 Å². The van der Waals surface area contributed by atoms with Gasteiger partial charge in [0.05, 0.1) is 35.4 Å². The molecular weight excluding hydrogens is 596 g/mol. The van der Waals surface area contributed by atoms with Gasteiger partial charge in [-0.2, -0.15) is 0 Å². The average molecular weight is 635 g/mol. The molecular formula is C35H38N8O4. The number of anilines is 4. The number of rotatable bonds is 7. The molecule has 2 saturated heterocycles. The zero-order valence-electron chi connectivity index (χ0n) is 26.5. The monoisotopic (exact) mass is 634 g/mol. The van der Waals surface area contributed by atoms with Gasteiger partial charge in [0.15, 0.2) is 6.29 Å². The molecule has 8 rings (SSSR count). The first-order valence-electron chi connectivity index (χ1n) is 16.5. The van der Waals surface area contributed by atoms with Crippen molar-refractivity contribution in [3.63, 3.8) is 0 Å². The minimum Gasteiger partial charge on any atom is -0.368 e. The second kappa shape index (κ2) is 12.1. The quantitative estimate of drug-likeness (QED) is 0.304. The normalized spacial score (nSPS) is 19.6. The van der Waals surface area contributed by atoms with Crippen LogP contribution in [0.25, 0.3) is 11.3 Å². The molecule has 1 N–H and O–H groups in total. The first kappa shape index (κ1) is 29.6. The summed E-state index contributed by atoms with van der Waals surface area (Å²) in [5, 5.41) is 3.37. The Morgan fingerprint density at radius 1 is 0.957 bits per heavy atom. The van der Waals surface area contributed by atoms with E-state index in [1.807, 2.05) is 24.4 Å².